The van der Waals surface area contributed by atoms with Gasteiger partial charge in [-0.15, -0.1) is 11.3 Å². The third kappa shape index (κ3) is 7.15. The molecule has 0 spiro atoms. The molecule has 0 saturated heterocycles. The number of fused-ring (bicyclic) bond motifs is 4. The van der Waals surface area contributed by atoms with E-state index in [1.54, 1.807) is 31.7 Å². The maximum absolute atomic E-state index is 14.0. The standard InChI is InChI=1S/C38H40ClN5O7S/c1-7-18(2)34(37(48)44-38-43-29(17-52-38)24-12-21-14-32(47)41-28(21)16-25(24)39)42-27-11-9-22-23(15-30(27)46)26(40-19(3)45)10-8-20-13-31(49-4)35(50-5)36(51-6)33(20)22/h9,11-13,15-18,26,34H,7-8,10,14H2,1-6H3,(H,40,45)(H,41,47)(H,42,46)(H,43,44,48)/t18-,26+,34+/m1/s1. The minimum Gasteiger partial charge on any atom is -0.493 e. The fraction of sp³-hybridized carbons (Fsp3) is 0.342. The van der Waals surface area contributed by atoms with Crippen LogP contribution in [0.3, 0.4) is 0 Å². The van der Waals surface area contributed by atoms with Crippen molar-refractivity contribution in [2.24, 2.45) is 5.92 Å². The minimum atomic E-state index is -0.801. The van der Waals surface area contributed by atoms with Gasteiger partial charge in [0.05, 0.1) is 50.2 Å². The third-order valence-electron chi connectivity index (χ3n) is 9.55. The Morgan fingerprint density at radius 2 is 1.81 bits per heavy atom. The van der Waals surface area contributed by atoms with Gasteiger partial charge in [-0.25, -0.2) is 4.98 Å². The highest BCUT2D eigenvalue weighted by atomic mass is 35.5. The summed E-state index contributed by atoms with van der Waals surface area (Å²) >= 11 is 7.79. The monoisotopic (exact) mass is 745 g/mol. The first-order valence-electron chi connectivity index (χ1n) is 16.9. The first-order chi connectivity index (χ1) is 25.0. The van der Waals surface area contributed by atoms with Crippen molar-refractivity contribution in [3.8, 4) is 39.6 Å². The van der Waals surface area contributed by atoms with Crippen molar-refractivity contribution in [2.45, 2.75) is 58.5 Å². The zero-order chi connectivity index (χ0) is 37.3. The first-order valence-corrected chi connectivity index (χ1v) is 18.1. The first kappa shape index (κ1) is 36.6. The van der Waals surface area contributed by atoms with E-state index < -0.39 is 12.1 Å². The van der Waals surface area contributed by atoms with Gasteiger partial charge in [0.1, 0.15) is 6.04 Å². The van der Waals surface area contributed by atoms with Gasteiger partial charge >= 0.3 is 0 Å². The van der Waals surface area contributed by atoms with Gasteiger partial charge in [-0.05, 0) is 71.3 Å². The number of rotatable bonds is 11. The molecule has 12 nitrogen and oxygen atoms in total. The van der Waals surface area contributed by atoms with Crippen LogP contribution in [0.1, 0.15) is 56.3 Å². The number of thiazole rings is 1. The second kappa shape index (κ2) is 15.2. The molecule has 0 bridgehead atoms. The average Bonchev–Trinajstić information content (AvgIpc) is 3.65. The number of hydrogen-bond acceptors (Lipinski definition) is 10. The van der Waals surface area contributed by atoms with E-state index in [0.717, 1.165) is 16.7 Å². The number of nitrogens with zero attached hydrogens (tertiary/aromatic N) is 1. The van der Waals surface area contributed by atoms with Gasteiger partial charge in [0, 0.05) is 29.1 Å². The average molecular weight is 746 g/mol. The Balaban J connectivity index is 1.35. The molecule has 1 aromatic heterocycles. The van der Waals surface area contributed by atoms with Crippen LogP contribution in [0.5, 0.6) is 17.2 Å². The molecule has 6 rings (SSSR count). The van der Waals surface area contributed by atoms with Crippen molar-refractivity contribution >= 4 is 57.2 Å². The van der Waals surface area contributed by atoms with Crippen molar-refractivity contribution in [3.05, 3.63) is 73.7 Å². The van der Waals surface area contributed by atoms with Crippen molar-refractivity contribution in [1.29, 1.82) is 0 Å². The molecule has 4 N–H and O–H groups in total. The zero-order valence-corrected chi connectivity index (χ0v) is 31.3. The number of halogens is 1. The lowest BCUT2D eigenvalue weighted by atomic mass is 9.95. The molecule has 0 unspecified atom stereocenters. The lowest BCUT2D eigenvalue weighted by molar-refractivity contribution is -0.120. The Bertz CT molecular complexity index is 2140. The van der Waals surface area contributed by atoms with E-state index >= 15 is 0 Å². The van der Waals surface area contributed by atoms with Crippen LogP contribution >= 0.6 is 22.9 Å². The van der Waals surface area contributed by atoms with Crippen LogP contribution < -0.4 is 40.9 Å². The lowest BCUT2D eigenvalue weighted by Crippen LogP contribution is -2.40. The van der Waals surface area contributed by atoms with Crippen LogP contribution in [0.25, 0.3) is 22.4 Å². The summed E-state index contributed by atoms with van der Waals surface area (Å²) in [4.78, 5) is 56.8. The molecule has 4 aromatic rings. The fourth-order valence-electron chi connectivity index (χ4n) is 6.78. The third-order valence-corrected chi connectivity index (χ3v) is 10.6. The maximum Gasteiger partial charge on any atom is 0.248 e. The number of hydrogen-bond donors (Lipinski definition) is 4. The highest BCUT2D eigenvalue weighted by Gasteiger charge is 2.31. The second-order valence-corrected chi connectivity index (χ2v) is 14.1. The summed E-state index contributed by atoms with van der Waals surface area (Å²) in [6, 6.07) is 9.16. The Hall–Kier alpha value is -5.14. The van der Waals surface area contributed by atoms with Gasteiger partial charge < -0.3 is 35.5 Å². The fourth-order valence-corrected chi connectivity index (χ4v) is 7.75. The number of anilines is 3. The van der Waals surface area contributed by atoms with Crippen molar-refractivity contribution < 1.29 is 28.6 Å². The Morgan fingerprint density at radius 1 is 1.04 bits per heavy atom. The summed E-state index contributed by atoms with van der Waals surface area (Å²) in [6.07, 6.45) is 1.99. The number of carbonyl (C=O) groups is 3. The summed E-state index contributed by atoms with van der Waals surface area (Å²) in [6.45, 7) is 5.34. The molecule has 1 aliphatic heterocycles. The molecular weight excluding hydrogens is 706 g/mol. The van der Waals surface area contributed by atoms with Gasteiger partial charge in [0.15, 0.2) is 16.6 Å². The summed E-state index contributed by atoms with van der Waals surface area (Å²) < 4.78 is 17.2. The Kier molecular flexibility index (Phi) is 10.7. The Labute approximate surface area is 310 Å². The molecule has 14 heteroatoms. The SMILES string of the molecule is CC[C@@H](C)[C@H](Nc1ccc2c(cc1=O)[C@@H](NC(C)=O)CCc1cc(OC)c(OC)c(OC)c1-2)C(=O)Nc1nc(-c2cc3c(cc2Cl)NC(=O)C3)cs1. The number of nitrogens with one attached hydrogen (secondary N) is 4. The van der Waals surface area contributed by atoms with E-state index in [4.69, 9.17) is 25.8 Å². The van der Waals surface area contributed by atoms with Crippen molar-refractivity contribution in [3.63, 3.8) is 0 Å². The molecule has 52 heavy (non-hydrogen) atoms. The van der Waals surface area contributed by atoms with E-state index in [-0.39, 0.29) is 41.2 Å². The highest BCUT2D eigenvalue weighted by Crippen LogP contribution is 2.50. The predicted octanol–water partition coefficient (Wildman–Crippen LogP) is 6.60. The number of aromatic nitrogens is 1. The quantitative estimate of drug-likeness (QED) is 0.133. The number of methoxy groups -OCH3 is 3. The van der Waals surface area contributed by atoms with Gasteiger partial charge in [-0.3, -0.25) is 19.2 Å². The van der Waals surface area contributed by atoms with E-state index in [2.05, 4.69) is 26.3 Å². The molecule has 0 radical (unpaired) electrons. The van der Waals surface area contributed by atoms with E-state index in [9.17, 15) is 19.2 Å². The molecule has 3 atom stereocenters. The van der Waals surface area contributed by atoms with Crippen molar-refractivity contribution in [1.82, 2.24) is 10.3 Å². The molecule has 3 amide bonds. The highest BCUT2D eigenvalue weighted by molar-refractivity contribution is 7.14. The van der Waals surface area contributed by atoms with E-state index in [1.807, 2.05) is 32.0 Å². The zero-order valence-electron chi connectivity index (χ0n) is 29.7. The molecule has 0 saturated carbocycles. The van der Waals surface area contributed by atoms with Crippen LogP contribution in [0.4, 0.5) is 16.5 Å². The number of amides is 3. The number of aryl methyl sites for hydroxylation is 1. The smallest absolute Gasteiger partial charge is 0.248 e. The van der Waals surface area contributed by atoms with Crippen LogP contribution in [0.2, 0.25) is 5.02 Å². The molecular formula is C38H40ClN5O7S. The molecule has 0 fully saturated rings. The summed E-state index contributed by atoms with van der Waals surface area (Å²) in [5.41, 5.74) is 5.52. The number of carbonyl (C=O) groups excluding carboxylic acids is 3. The summed E-state index contributed by atoms with van der Waals surface area (Å²) in [5.74, 6) is 0.486. The van der Waals surface area contributed by atoms with E-state index in [0.29, 0.717) is 74.7 Å². The van der Waals surface area contributed by atoms with Crippen molar-refractivity contribution in [2.75, 3.05) is 37.3 Å². The second-order valence-electron chi connectivity index (χ2n) is 12.8. The number of benzene rings is 2. The minimum absolute atomic E-state index is 0.0973. The van der Waals surface area contributed by atoms with Crippen LogP contribution in [-0.2, 0) is 27.2 Å². The molecule has 2 aliphatic rings. The molecule has 272 valence electrons. The maximum atomic E-state index is 14.0. The normalized spacial score (nSPS) is 15.5. The summed E-state index contributed by atoms with van der Waals surface area (Å²) in [7, 11) is 4.63. The van der Waals surface area contributed by atoms with E-state index in [1.165, 1.54) is 31.4 Å². The van der Waals surface area contributed by atoms with Gasteiger partial charge in [0.25, 0.3) is 0 Å². The number of ether oxygens (including phenoxy) is 3. The van der Waals surface area contributed by atoms with Crippen LogP contribution in [0.15, 0.2) is 46.6 Å². The molecule has 1 aliphatic carbocycles. The summed E-state index contributed by atoms with van der Waals surface area (Å²) in [5, 5.41) is 14.5. The Morgan fingerprint density at radius 3 is 2.50 bits per heavy atom. The lowest BCUT2D eigenvalue weighted by Gasteiger charge is -2.23. The predicted molar refractivity (Wildman–Crippen MR) is 203 cm³/mol. The topological polar surface area (TPSA) is 157 Å². The van der Waals surface area contributed by atoms with Gasteiger partial charge in [0.2, 0.25) is 28.9 Å². The molecule has 3 aromatic carbocycles. The van der Waals surface area contributed by atoms with Crippen LogP contribution in [0, 0.1) is 5.92 Å². The van der Waals surface area contributed by atoms with Gasteiger partial charge in [-0.1, -0.05) is 37.9 Å². The van der Waals surface area contributed by atoms with Crippen LogP contribution in [-0.4, -0.2) is 50.1 Å². The van der Waals surface area contributed by atoms with Gasteiger partial charge in [-0.2, -0.15) is 0 Å². The largest absolute Gasteiger partial charge is 0.493 e. The molecule has 2 heterocycles.